The van der Waals surface area contributed by atoms with E-state index in [-0.39, 0.29) is 5.56 Å². The molecule has 0 saturated heterocycles. The van der Waals surface area contributed by atoms with E-state index in [0.29, 0.717) is 29.1 Å². The minimum Gasteiger partial charge on any atom is -0.489 e. The Labute approximate surface area is 167 Å². The van der Waals surface area contributed by atoms with Crippen molar-refractivity contribution in [3.63, 3.8) is 0 Å². The summed E-state index contributed by atoms with van der Waals surface area (Å²) in [5.74, 6) is -0.485. The highest BCUT2D eigenvalue weighted by molar-refractivity contribution is 6.09. The summed E-state index contributed by atoms with van der Waals surface area (Å²) in [5.41, 5.74) is 6.31. The van der Waals surface area contributed by atoms with Crippen molar-refractivity contribution in [2.75, 3.05) is 6.61 Å². The Morgan fingerprint density at radius 3 is 2.66 bits per heavy atom. The Morgan fingerprint density at radius 1 is 1.28 bits per heavy atom. The van der Waals surface area contributed by atoms with Crippen LogP contribution in [0.25, 0.3) is 11.0 Å². The number of hydrogen-bond donors (Lipinski definition) is 3. The lowest BCUT2D eigenvalue weighted by Gasteiger charge is -2.24. The molecule has 0 spiro atoms. The maximum Gasteiger partial charge on any atom is 0.256 e. The molecule has 0 saturated carbocycles. The number of primary amides is 1. The molecule has 0 radical (unpaired) electrons. The van der Waals surface area contributed by atoms with E-state index in [0.717, 1.165) is 11.3 Å². The van der Waals surface area contributed by atoms with Crippen molar-refractivity contribution in [3.05, 3.63) is 59.1 Å². The molecule has 8 nitrogen and oxygen atoms in total. The van der Waals surface area contributed by atoms with Gasteiger partial charge >= 0.3 is 0 Å². The Kier molecular flexibility index (Phi) is 5.56. The number of aryl methyl sites for hydroxylation is 2. The number of furan rings is 1. The first kappa shape index (κ1) is 20.3. The fraction of sp³-hybridized carbons (Fsp3) is 0.286. The van der Waals surface area contributed by atoms with Crippen LogP contribution in [0.5, 0.6) is 5.75 Å². The zero-order chi connectivity index (χ0) is 21.2. The molecule has 29 heavy (non-hydrogen) atoms. The normalized spacial score (nSPS) is 13.1. The number of amides is 2. The second-order valence-electron chi connectivity index (χ2n) is 7.10. The second kappa shape index (κ2) is 7.92. The first-order valence-corrected chi connectivity index (χ1v) is 9.04. The molecule has 4 N–H and O–H groups in total. The molecule has 2 heterocycles. The van der Waals surface area contributed by atoms with Crippen molar-refractivity contribution in [2.45, 2.75) is 32.9 Å². The summed E-state index contributed by atoms with van der Waals surface area (Å²) in [6.45, 7) is 4.61. The fourth-order valence-corrected chi connectivity index (χ4v) is 2.81. The highest BCUT2D eigenvalue weighted by atomic mass is 16.5. The molecule has 8 heteroatoms. The first-order valence-electron chi connectivity index (χ1n) is 9.04. The maximum absolute atomic E-state index is 12.8. The van der Waals surface area contributed by atoms with Crippen molar-refractivity contribution in [3.8, 4) is 5.75 Å². The van der Waals surface area contributed by atoms with Gasteiger partial charge in [0.1, 0.15) is 29.2 Å². The van der Waals surface area contributed by atoms with Crippen LogP contribution in [0, 0.1) is 13.8 Å². The number of rotatable bonds is 7. The molecule has 0 aliphatic rings. The van der Waals surface area contributed by atoms with E-state index in [9.17, 15) is 14.7 Å². The van der Waals surface area contributed by atoms with Crippen LogP contribution in [0.2, 0.25) is 0 Å². The number of fused-ring (bicyclic) bond motifs is 1. The number of nitrogens with zero attached hydrogens (tertiary/aromatic N) is 1. The molecule has 0 aliphatic carbocycles. The first-order chi connectivity index (χ1) is 13.7. The van der Waals surface area contributed by atoms with Gasteiger partial charge in [-0.05, 0) is 45.0 Å². The second-order valence-corrected chi connectivity index (χ2v) is 7.10. The van der Waals surface area contributed by atoms with E-state index in [2.05, 4.69) is 10.3 Å². The zero-order valence-corrected chi connectivity index (χ0v) is 16.5. The summed E-state index contributed by atoms with van der Waals surface area (Å²) in [6, 6.07) is 8.99. The fourth-order valence-electron chi connectivity index (χ4n) is 2.81. The van der Waals surface area contributed by atoms with Gasteiger partial charge in [-0.15, -0.1) is 0 Å². The predicted octanol–water partition coefficient (Wildman–Crippen LogP) is 1.99. The van der Waals surface area contributed by atoms with Crippen molar-refractivity contribution in [2.24, 2.45) is 5.73 Å². The number of nitrogens with two attached hydrogens (primary N) is 1. The summed E-state index contributed by atoms with van der Waals surface area (Å²) in [4.78, 5) is 28.6. The lowest BCUT2D eigenvalue weighted by atomic mass is 10.0. The number of pyridine rings is 1. The van der Waals surface area contributed by atoms with Crippen LogP contribution < -0.4 is 15.8 Å². The van der Waals surface area contributed by atoms with Gasteiger partial charge in [-0.2, -0.15) is 0 Å². The standard InChI is InChI=1S/C21H23N3O5/c1-12-4-5-14(9-23-12)10-28-15-6-7-17-16(8-15)18(13(2)29-17)19(26)24-21(3,11-25)20(22)27/h4-9,25H,10-11H2,1-3H3,(H2,22,27)(H,24,26)/t21-/m0/s1. The van der Waals surface area contributed by atoms with Crippen LogP contribution in [0.4, 0.5) is 0 Å². The predicted molar refractivity (Wildman–Crippen MR) is 106 cm³/mol. The molecule has 152 valence electrons. The van der Waals surface area contributed by atoms with Gasteiger partial charge in [-0.3, -0.25) is 14.6 Å². The molecule has 1 aromatic carbocycles. The molecule has 2 amide bonds. The monoisotopic (exact) mass is 397 g/mol. The SMILES string of the molecule is Cc1ccc(COc2ccc3oc(C)c(C(=O)N[C@@](C)(CO)C(N)=O)c3c2)cn1. The summed E-state index contributed by atoms with van der Waals surface area (Å²) < 4.78 is 11.5. The van der Waals surface area contributed by atoms with Gasteiger partial charge in [0.05, 0.1) is 12.2 Å². The third-order valence-electron chi connectivity index (χ3n) is 4.69. The van der Waals surface area contributed by atoms with E-state index < -0.39 is 24.0 Å². The number of nitrogens with one attached hydrogen (secondary N) is 1. The van der Waals surface area contributed by atoms with Crippen LogP contribution in [0.1, 0.15) is 34.3 Å². The molecular formula is C21H23N3O5. The van der Waals surface area contributed by atoms with Gasteiger partial charge < -0.3 is 25.3 Å². The molecule has 1 atom stereocenters. The molecule has 2 aromatic heterocycles. The van der Waals surface area contributed by atoms with E-state index in [1.807, 2.05) is 19.1 Å². The summed E-state index contributed by atoms with van der Waals surface area (Å²) in [6.07, 6.45) is 1.74. The minimum atomic E-state index is -1.58. The Bertz CT molecular complexity index is 1060. The smallest absolute Gasteiger partial charge is 0.256 e. The molecule has 3 aromatic rings. The third kappa shape index (κ3) is 4.22. The number of benzene rings is 1. The van der Waals surface area contributed by atoms with Crippen molar-refractivity contribution >= 4 is 22.8 Å². The number of aliphatic hydroxyl groups is 1. The number of aliphatic hydroxyl groups excluding tert-OH is 1. The lowest BCUT2D eigenvalue weighted by molar-refractivity contribution is -0.124. The molecule has 0 fully saturated rings. The van der Waals surface area contributed by atoms with Crippen molar-refractivity contribution < 1.29 is 23.8 Å². The van der Waals surface area contributed by atoms with Crippen molar-refractivity contribution in [1.82, 2.24) is 10.3 Å². The topological polar surface area (TPSA) is 128 Å². The van der Waals surface area contributed by atoms with Crippen LogP contribution in [0.3, 0.4) is 0 Å². The Balaban J connectivity index is 1.87. The number of carbonyl (C=O) groups is 2. The highest BCUT2D eigenvalue weighted by Crippen LogP contribution is 2.30. The van der Waals surface area contributed by atoms with E-state index >= 15 is 0 Å². The molecule has 0 unspecified atom stereocenters. The zero-order valence-electron chi connectivity index (χ0n) is 16.5. The average Bonchev–Trinajstić information content (AvgIpc) is 3.02. The van der Waals surface area contributed by atoms with Gasteiger partial charge in [0.15, 0.2) is 0 Å². The molecular weight excluding hydrogens is 374 g/mol. The van der Waals surface area contributed by atoms with Crippen molar-refractivity contribution in [1.29, 1.82) is 0 Å². The Hall–Kier alpha value is -3.39. The van der Waals surface area contributed by atoms with Gasteiger partial charge in [-0.1, -0.05) is 6.07 Å². The number of ether oxygens (including phenoxy) is 1. The van der Waals surface area contributed by atoms with E-state index in [1.165, 1.54) is 6.92 Å². The van der Waals surface area contributed by atoms with Gasteiger partial charge in [-0.25, -0.2) is 0 Å². The summed E-state index contributed by atoms with van der Waals surface area (Å²) in [5, 5.41) is 12.5. The minimum absolute atomic E-state index is 0.253. The Morgan fingerprint density at radius 2 is 2.03 bits per heavy atom. The highest BCUT2D eigenvalue weighted by Gasteiger charge is 2.34. The summed E-state index contributed by atoms with van der Waals surface area (Å²) >= 11 is 0. The number of aromatic nitrogens is 1. The van der Waals surface area contributed by atoms with Crippen LogP contribution in [-0.4, -0.2) is 34.1 Å². The number of hydrogen-bond acceptors (Lipinski definition) is 6. The largest absolute Gasteiger partial charge is 0.489 e. The molecule has 0 aliphatic heterocycles. The van der Waals surface area contributed by atoms with Gasteiger partial charge in [0.2, 0.25) is 5.91 Å². The van der Waals surface area contributed by atoms with Crippen LogP contribution in [0.15, 0.2) is 40.9 Å². The van der Waals surface area contributed by atoms with E-state index in [4.69, 9.17) is 14.9 Å². The molecule has 3 rings (SSSR count). The third-order valence-corrected chi connectivity index (χ3v) is 4.69. The van der Waals surface area contributed by atoms with Crippen LogP contribution in [-0.2, 0) is 11.4 Å². The van der Waals surface area contributed by atoms with Gasteiger partial charge in [0, 0.05) is 22.8 Å². The van der Waals surface area contributed by atoms with Gasteiger partial charge in [0.25, 0.3) is 5.91 Å². The summed E-state index contributed by atoms with van der Waals surface area (Å²) in [7, 11) is 0. The quantitative estimate of drug-likeness (QED) is 0.559. The lowest BCUT2D eigenvalue weighted by Crippen LogP contribution is -2.57. The average molecular weight is 397 g/mol. The van der Waals surface area contributed by atoms with E-state index in [1.54, 1.807) is 31.3 Å². The molecule has 0 bridgehead atoms. The number of carbonyl (C=O) groups excluding carboxylic acids is 2. The van der Waals surface area contributed by atoms with Crippen LogP contribution >= 0.6 is 0 Å². The maximum atomic E-state index is 12.8.